The lowest BCUT2D eigenvalue weighted by Crippen LogP contribution is -2.25. The van der Waals surface area contributed by atoms with Gasteiger partial charge < -0.3 is 5.11 Å². The zero-order valence-corrected chi connectivity index (χ0v) is 10.3. The molecule has 0 aliphatic heterocycles. The van der Waals surface area contributed by atoms with E-state index in [-0.39, 0.29) is 10.8 Å². The van der Waals surface area contributed by atoms with Crippen molar-refractivity contribution in [2.24, 2.45) is 10.8 Å². The first-order chi connectivity index (χ1) is 6.14. The van der Waals surface area contributed by atoms with Gasteiger partial charge in [-0.25, -0.2) is 0 Å². The number of hydrogen-bond acceptors (Lipinski definition) is 1. The van der Waals surface area contributed by atoms with E-state index in [4.69, 9.17) is 0 Å². The molecule has 1 rings (SSSR count). The molecule has 0 atom stereocenters. The highest BCUT2D eigenvalue weighted by Crippen LogP contribution is 2.47. The summed E-state index contributed by atoms with van der Waals surface area (Å²) in [5.74, 6) is 1.45. The van der Waals surface area contributed by atoms with Crippen molar-refractivity contribution in [1.29, 1.82) is 0 Å². The minimum atomic E-state index is 0.0457. The average molecular weight is 194 g/mol. The Hall–Kier alpha value is -0.590. The molecule has 14 heavy (non-hydrogen) atoms. The molecule has 0 aromatic rings. The van der Waals surface area contributed by atoms with Gasteiger partial charge >= 0.3 is 0 Å². The Morgan fingerprint density at radius 3 is 1.79 bits per heavy atom. The molecule has 0 unspecified atom stereocenters. The van der Waals surface area contributed by atoms with E-state index in [1.165, 1.54) is 0 Å². The summed E-state index contributed by atoms with van der Waals surface area (Å²) in [6.45, 7) is 12.8. The molecule has 0 amide bonds. The molecule has 0 fully saturated rings. The molecule has 0 aromatic carbocycles. The number of rotatable bonds is 0. The van der Waals surface area contributed by atoms with Crippen LogP contribution in [0.3, 0.4) is 0 Å². The third-order valence-electron chi connectivity index (χ3n) is 2.98. The summed E-state index contributed by atoms with van der Waals surface area (Å²) >= 11 is 0. The molecule has 0 N–H and O–H groups in total. The normalized spacial score (nSPS) is 19.4. The van der Waals surface area contributed by atoms with Gasteiger partial charge in [-0.2, -0.15) is 0 Å². The van der Waals surface area contributed by atoms with Gasteiger partial charge in [-0.1, -0.05) is 0 Å². The summed E-state index contributed by atoms with van der Waals surface area (Å²) in [6, 6.07) is 0. The van der Waals surface area contributed by atoms with Gasteiger partial charge in [0.1, 0.15) is 0 Å². The van der Waals surface area contributed by atoms with Crippen LogP contribution >= 0.6 is 0 Å². The van der Waals surface area contributed by atoms with Crippen LogP contribution in [-0.2, 0) is 0 Å². The lowest BCUT2D eigenvalue weighted by molar-refractivity contribution is -0.305. The highest BCUT2D eigenvalue weighted by Gasteiger charge is 2.42. The molecular formula is C13H22O. The van der Waals surface area contributed by atoms with Crippen LogP contribution in [0.5, 0.6) is 0 Å². The minimum absolute atomic E-state index is 0.0457. The molecule has 0 spiro atoms. The Morgan fingerprint density at radius 2 is 1.57 bits per heavy atom. The molecule has 1 aliphatic carbocycles. The topological polar surface area (TPSA) is 23.1 Å². The summed E-state index contributed by atoms with van der Waals surface area (Å²) in [5.41, 5.74) is 1.20. The third-order valence-corrected chi connectivity index (χ3v) is 2.98. The lowest BCUT2D eigenvalue weighted by Gasteiger charge is -2.25. The van der Waals surface area contributed by atoms with Crippen molar-refractivity contribution in [3.05, 3.63) is 17.3 Å². The van der Waals surface area contributed by atoms with Crippen molar-refractivity contribution >= 4 is 0 Å². The fraction of sp³-hybridized carbons (Fsp3) is 0.769. The number of hydrogen-bond donors (Lipinski definition) is 0. The average Bonchev–Trinajstić information content (AvgIpc) is 2.26. The zero-order valence-electron chi connectivity index (χ0n) is 10.3. The molecule has 0 saturated heterocycles. The first-order valence-corrected chi connectivity index (χ1v) is 5.41. The smallest absolute Gasteiger partial charge is 0.0651 e. The molecule has 0 radical (unpaired) electrons. The summed E-state index contributed by atoms with van der Waals surface area (Å²) in [5, 5.41) is 12.1. The second-order valence-electron chi connectivity index (χ2n) is 6.29. The van der Waals surface area contributed by atoms with Gasteiger partial charge in [-0.3, -0.25) is 0 Å². The van der Waals surface area contributed by atoms with Crippen molar-refractivity contribution in [1.82, 2.24) is 0 Å². The first-order valence-electron chi connectivity index (χ1n) is 5.41. The van der Waals surface area contributed by atoms with Crippen molar-refractivity contribution in [3.63, 3.8) is 0 Å². The molecule has 1 aliphatic rings. The maximum Gasteiger partial charge on any atom is 0.0651 e. The van der Waals surface area contributed by atoms with Gasteiger partial charge in [-0.15, -0.1) is 0 Å². The Morgan fingerprint density at radius 1 is 1.07 bits per heavy atom. The van der Waals surface area contributed by atoms with Crippen molar-refractivity contribution in [2.75, 3.05) is 0 Å². The second-order valence-corrected chi connectivity index (χ2v) is 6.29. The summed E-state index contributed by atoms with van der Waals surface area (Å²) in [4.78, 5) is 0. The Bertz CT molecular complexity index is 247. The van der Waals surface area contributed by atoms with Gasteiger partial charge in [0, 0.05) is 10.8 Å². The predicted octanol–water partition coefficient (Wildman–Crippen LogP) is 3.06. The lowest BCUT2D eigenvalue weighted by atomic mass is 9.79. The Balaban J connectivity index is 2.97. The van der Waals surface area contributed by atoms with Gasteiger partial charge in [0.2, 0.25) is 0 Å². The van der Waals surface area contributed by atoms with Gasteiger partial charge in [0.15, 0.2) is 0 Å². The maximum atomic E-state index is 12.1. The standard InChI is InChI=1S/C13H22O/c1-12(2,3)9-7-8-10(11(9)14)13(4,5)6/h7-8H2,1-6H3. The minimum Gasteiger partial charge on any atom is -0.841 e. The third kappa shape index (κ3) is 2.08. The predicted molar refractivity (Wildman–Crippen MR) is 58.4 cm³/mol. The van der Waals surface area contributed by atoms with Crippen LogP contribution < -0.4 is 5.11 Å². The highest BCUT2D eigenvalue weighted by molar-refractivity contribution is 5.35. The van der Waals surface area contributed by atoms with Crippen molar-refractivity contribution in [2.45, 2.75) is 54.4 Å². The highest BCUT2D eigenvalue weighted by atomic mass is 16.3. The van der Waals surface area contributed by atoms with Gasteiger partial charge in [-0.05, 0) is 41.5 Å². The monoisotopic (exact) mass is 194 g/mol. The zero-order chi connectivity index (χ0) is 11.1. The van der Waals surface area contributed by atoms with Crippen molar-refractivity contribution < 1.29 is 5.11 Å². The SMILES string of the molecule is CC(C)(C)C1=C([O-])[C+](C(C)(C)C)CC1. The molecule has 0 aromatic heterocycles. The molecule has 1 nitrogen and oxygen atoms in total. The van der Waals surface area contributed by atoms with Crippen LogP contribution in [0.25, 0.3) is 0 Å². The van der Waals surface area contributed by atoms with Gasteiger partial charge in [0.25, 0.3) is 0 Å². The van der Waals surface area contributed by atoms with E-state index in [2.05, 4.69) is 41.5 Å². The Labute approximate surface area is 88.2 Å². The van der Waals surface area contributed by atoms with Crippen LogP contribution in [0.1, 0.15) is 54.4 Å². The number of allylic oxidation sites excluding steroid dienone is 2. The van der Waals surface area contributed by atoms with E-state index < -0.39 is 0 Å². The quantitative estimate of drug-likeness (QED) is 0.543. The fourth-order valence-electron chi connectivity index (χ4n) is 2.09. The summed E-state index contributed by atoms with van der Waals surface area (Å²) < 4.78 is 0. The maximum absolute atomic E-state index is 12.1. The van der Waals surface area contributed by atoms with E-state index >= 15 is 0 Å². The largest absolute Gasteiger partial charge is 0.841 e. The van der Waals surface area contributed by atoms with E-state index in [0.717, 1.165) is 24.3 Å². The summed E-state index contributed by atoms with van der Waals surface area (Å²) in [7, 11) is 0. The van der Waals surface area contributed by atoms with Crippen LogP contribution in [0.2, 0.25) is 0 Å². The first kappa shape index (κ1) is 11.5. The fourth-order valence-corrected chi connectivity index (χ4v) is 2.09. The van der Waals surface area contributed by atoms with Gasteiger partial charge in [0.05, 0.1) is 30.1 Å². The molecule has 0 heterocycles. The second kappa shape index (κ2) is 3.22. The van der Waals surface area contributed by atoms with E-state index in [1.54, 1.807) is 0 Å². The molecule has 0 saturated carbocycles. The van der Waals surface area contributed by atoms with E-state index in [9.17, 15) is 5.11 Å². The van der Waals surface area contributed by atoms with Crippen molar-refractivity contribution in [3.8, 4) is 0 Å². The van der Waals surface area contributed by atoms with Crippen LogP contribution in [0.4, 0.5) is 0 Å². The van der Waals surface area contributed by atoms with Crippen LogP contribution in [0, 0.1) is 16.7 Å². The Kier molecular flexibility index (Phi) is 2.64. The molecule has 0 bridgehead atoms. The summed E-state index contributed by atoms with van der Waals surface area (Å²) in [6.07, 6.45) is 1.93. The van der Waals surface area contributed by atoms with E-state index in [0.29, 0.717) is 5.76 Å². The van der Waals surface area contributed by atoms with Crippen LogP contribution in [0.15, 0.2) is 11.3 Å². The molecule has 80 valence electrons. The molecular weight excluding hydrogens is 172 g/mol. The molecule has 1 heteroatoms. The van der Waals surface area contributed by atoms with E-state index in [1.807, 2.05) is 0 Å². The van der Waals surface area contributed by atoms with Crippen LogP contribution in [-0.4, -0.2) is 0 Å².